The number of aromatic nitrogens is 1. The Morgan fingerprint density at radius 1 is 1.71 bits per heavy atom. The van der Waals surface area contributed by atoms with Gasteiger partial charge in [-0.25, -0.2) is 4.98 Å². The first-order chi connectivity index (χ1) is 6.69. The van der Waals surface area contributed by atoms with Crippen molar-refractivity contribution >= 4 is 40.3 Å². The summed E-state index contributed by atoms with van der Waals surface area (Å²) in [5.41, 5.74) is 6.45. The highest BCUT2D eigenvalue weighted by molar-refractivity contribution is 7.97. The van der Waals surface area contributed by atoms with Gasteiger partial charge in [-0.15, -0.1) is 11.3 Å². The van der Waals surface area contributed by atoms with Crippen LogP contribution < -0.4 is 5.73 Å². The molecule has 78 valence electrons. The van der Waals surface area contributed by atoms with Crippen LogP contribution in [0.3, 0.4) is 0 Å². The summed E-state index contributed by atoms with van der Waals surface area (Å²) in [6, 6.07) is 0. The van der Waals surface area contributed by atoms with Gasteiger partial charge in [-0.3, -0.25) is 0 Å². The minimum Gasteiger partial charge on any atom is -0.389 e. The highest BCUT2D eigenvalue weighted by Crippen LogP contribution is 2.22. The second-order valence-electron chi connectivity index (χ2n) is 2.61. The third-order valence-electron chi connectivity index (χ3n) is 1.51. The fourth-order valence-corrected chi connectivity index (χ4v) is 2.87. The Balaban J connectivity index is 2.93. The molecule has 0 amide bonds. The number of thiazole rings is 1. The maximum Gasteiger partial charge on any atom is 0.116 e. The lowest BCUT2D eigenvalue weighted by Gasteiger charge is -1.97. The van der Waals surface area contributed by atoms with Gasteiger partial charge in [0.1, 0.15) is 10.00 Å². The average Bonchev–Trinajstić information content (AvgIpc) is 2.49. The number of nitrogens with zero attached hydrogens (tertiary/aromatic N) is 1. The molecule has 0 bridgehead atoms. The molecular weight excluding hydrogens is 236 g/mol. The van der Waals surface area contributed by atoms with Crippen molar-refractivity contribution in [3.8, 4) is 0 Å². The van der Waals surface area contributed by atoms with Gasteiger partial charge in [0.2, 0.25) is 0 Å². The summed E-state index contributed by atoms with van der Waals surface area (Å²) in [6.07, 6.45) is 2.04. The van der Waals surface area contributed by atoms with Crippen LogP contribution in [0.25, 0.3) is 0 Å². The quantitative estimate of drug-likeness (QED) is 0.805. The zero-order valence-corrected chi connectivity index (χ0v) is 10.5. The van der Waals surface area contributed by atoms with E-state index in [4.69, 9.17) is 22.7 Å². The lowest BCUT2D eigenvalue weighted by Crippen LogP contribution is -2.10. The molecule has 0 saturated heterocycles. The van der Waals surface area contributed by atoms with Gasteiger partial charge in [0.05, 0.1) is 17.2 Å². The van der Waals surface area contributed by atoms with Crippen molar-refractivity contribution < 1.29 is 4.74 Å². The lowest BCUT2D eigenvalue weighted by molar-refractivity contribution is 0.182. The molecule has 0 atom stereocenters. The molecule has 0 aliphatic carbocycles. The van der Waals surface area contributed by atoms with Crippen molar-refractivity contribution in [3.05, 3.63) is 15.6 Å². The molecule has 0 aliphatic rings. The number of hydrogen-bond donors (Lipinski definition) is 1. The maximum absolute atomic E-state index is 5.59. The molecule has 2 N–H and O–H groups in total. The first-order valence-corrected chi connectivity index (χ1v) is 6.57. The van der Waals surface area contributed by atoms with E-state index in [-0.39, 0.29) is 0 Å². The van der Waals surface area contributed by atoms with Crippen LogP contribution in [0.2, 0.25) is 0 Å². The molecule has 0 saturated carbocycles. The summed E-state index contributed by atoms with van der Waals surface area (Å²) in [5, 5.41) is 1.05. The van der Waals surface area contributed by atoms with E-state index in [1.54, 1.807) is 30.2 Å². The van der Waals surface area contributed by atoms with Crippen molar-refractivity contribution in [1.82, 2.24) is 4.98 Å². The maximum atomic E-state index is 5.59. The van der Waals surface area contributed by atoms with Crippen LogP contribution in [-0.2, 0) is 17.1 Å². The third-order valence-corrected chi connectivity index (χ3v) is 3.72. The second-order valence-corrected chi connectivity index (χ2v) is 5.00. The topological polar surface area (TPSA) is 48.1 Å². The van der Waals surface area contributed by atoms with Crippen molar-refractivity contribution in [1.29, 1.82) is 0 Å². The Morgan fingerprint density at radius 3 is 2.93 bits per heavy atom. The van der Waals surface area contributed by atoms with Gasteiger partial charge in [0.15, 0.2) is 0 Å². The molecule has 0 spiro atoms. The second kappa shape index (κ2) is 5.65. The van der Waals surface area contributed by atoms with Crippen LogP contribution in [0.15, 0.2) is 0 Å². The Kier molecular flexibility index (Phi) is 4.80. The smallest absolute Gasteiger partial charge is 0.116 e. The van der Waals surface area contributed by atoms with E-state index < -0.39 is 0 Å². The molecule has 1 rings (SSSR count). The van der Waals surface area contributed by atoms with Crippen LogP contribution in [0.4, 0.5) is 0 Å². The summed E-state index contributed by atoms with van der Waals surface area (Å²) in [4.78, 5) is 5.70. The number of nitrogens with two attached hydrogens (primary N) is 1. The molecule has 0 aromatic carbocycles. The van der Waals surface area contributed by atoms with Gasteiger partial charge in [0, 0.05) is 12.9 Å². The average molecular weight is 248 g/mol. The predicted molar refractivity (Wildman–Crippen MR) is 65.9 cm³/mol. The van der Waals surface area contributed by atoms with Gasteiger partial charge >= 0.3 is 0 Å². The van der Waals surface area contributed by atoms with E-state index in [1.807, 2.05) is 6.26 Å². The Bertz CT molecular complexity index is 324. The van der Waals surface area contributed by atoms with Gasteiger partial charge in [-0.1, -0.05) is 12.2 Å². The molecule has 1 aromatic heterocycles. The molecule has 3 nitrogen and oxygen atoms in total. The number of thioether (sulfide) groups is 1. The molecule has 14 heavy (non-hydrogen) atoms. The van der Waals surface area contributed by atoms with E-state index in [0.29, 0.717) is 11.6 Å². The fourth-order valence-electron chi connectivity index (χ4n) is 1.01. The van der Waals surface area contributed by atoms with Gasteiger partial charge in [-0.2, -0.15) is 11.8 Å². The monoisotopic (exact) mass is 248 g/mol. The van der Waals surface area contributed by atoms with Crippen molar-refractivity contribution in [2.24, 2.45) is 5.73 Å². The molecule has 0 radical (unpaired) electrons. The van der Waals surface area contributed by atoms with E-state index in [9.17, 15) is 0 Å². The van der Waals surface area contributed by atoms with E-state index in [1.165, 1.54) is 0 Å². The summed E-state index contributed by atoms with van der Waals surface area (Å²) in [6.45, 7) is 0.470. The Labute approximate surface area is 97.1 Å². The number of rotatable bonds is 5. The molecule has 0 unspecified atom stereocenters. The van der Waals surface area contributed by atoms with Gasteiger partial charge in [-0.05, 0) is 6.26 Å². The van der Waals surface area contributed by atoms with Crippen molar-refractivity contribution in [2.45, 2.75) is 12.4 Å². The fraction of sp³-hybridized carbons (Fsp3) is 0.500. The van der Waals surface area contributed by atoms with E-state index >= 15 is 0 Å². The molecule has 0 aliphatic heterocycles. The summed E-state index contributed by atoms with van der Waals surface area (Å²) in [7, 11) is 1.64. The predicted octanol–water partition coefficient (Wildman–Crippen LogP) is 1.79. The summed E-state index contributed by atoms with van der Waals surface area (Å²) in [5.74, 6) is 0.893. The number of methoxy groups -OCH3 is 1. The van der Waals surface area contributed by atoms with Crippen LogP contribution >= 0.6 is 35.3 Å². The normalized spacial score (nSPS) is 10.4. The highest BCUT2D eigenvalue weighted by Gasteiger charge is 2.12. The molecular formula is C8H12N2OS3. The summed E-state index contributed by atoms with van der Waals surface area (Å²) < 4.78 is 5.03. The minimum atomic E-state index is 0.405. The zero-order valence-electron chi connectivity index (χ0n) is 8.07. The SMILES string of the molecule is COCc1nc(CSC)sc1C(N)=S. The van der Waals surface area contributed by atoms with Gasteiger partial charge < -0.3 is 10.5 Å². The highest BCUT2D eigenvalue weighted by atomic mass is 32.2. The first-order valence-electron chi connectivity index (χ1n) is 3.95. The number of hydrogen-bond acceptors (Lipinski definition) is 5. The Hall–Kier alpha value is -0.170. The van der Waals surface area contributed by atoms with Crippen LogP contribution in [0.5, 0.6) is 0 Å². The number of thiocarbonyl (C=S) groups is 1. The third kappa shape index (κ3) is 2.91. The van der Waals surface area contributed by atoms with Crippen molar-refractivity contribution in [3.63, 3.8) is 0 Å². The standard InChI is InChI=1S/C8H12N2OS3/c1-11-3-5-7(8(9)12)14-6(10-5)4-13-2/h3-4H2,1-2H3,(H2,9,12). The van der Waals surface area contributed by atoms with Gasteiger partial charge in [0.25, 0.3) is 0 Å². The lowest BCUT2D eigenvalue weighted by atomic mass is 10.4. The van der Waals surface area contributed by atoms with E-state index in [0.717, 1.165) is 21.3 Å². The molecule has 1 heterocycles. The molecule has 6 heteroatoms. The summed E-state index contributed by atoms with van der Waals surface area (Å²) >= 11 is 8.23. The first kappa shape index (κ1) is 11.9. The van der Waals surface area contributed by atoms with Crippen molar-refractivity contribution in [2.75, 3.05) is 13.4 Å². The Morgan fingerprint density at radius 2 is 2.43 bits per heavy atom. The van der Waals surface area contributed by atoms with E-state index in [2.05, 4.69) is 4.98 Å². The van der Waals surface area contributed by atoms with Crippen LogP contribution in [0, 0.1) is 0 Å². The van der Waals surface area contributed by atoms with Crippen LogP contribution in [-0.4, -0.2) is 23.3 Å². The molecule has 1 aromatic rings. The number of ether oxygens (including phenoxy) is 1. The minimum absolute atomic E-state index is 0.405. The largest absolute Gasteiger partial charge is 0.389 e. The molecule has 0 fully saturated rings. The van der Waals surface area contributed by atoms with Crippen LogP contribution in [0.1, 0.15) is 15.6 Å². The zero-order chi connectivity index (χ0) is 10.6.